The van der Waals surface area contributed by atoms with Gasteiger partial charge in [-0.05, 0) is 29.7 Å². The smallest absolute Gasteiger partial charge is 0.416 e. The highest BCUT2D eigenvalue weighted by Crippen LogP contribution is 2.31. The second-order valence-electron chi connectivity index (χ2n) is 6.63. The van der Waals surface area contributed by atoms with E-state index in [0.29, 0.717) is 18.4 Å². The van der Waals surface area contributed by atoms with E-state index in [2.05, 4.69) is 0 Å². The fourth-order valence-electron chi connectivity index (χ4n) is 3.10. The van der Waals surface area contributed by atoms with Gasteiger partial charge in [-0.3, -0.25) is 9.69 Å². The zero-order valence-corrected chi connectivity index (χ0v) is 14.8. The lowest BCUT2D eigenvalue weighted by atomic mass is 10.0. The van der Waals surface area contributed by atoms with Crippen LogP contribution in [0.2, 0.25) is 0 Å². The molecule has 1 fully saturated rings. The maximum Gasteiger partial charge on any atom is 0.416 e. The summed E-state index contributed by atoms with van der Waals surface area (Å²) in [4.78, 5) is 13.9. The maximum absolute atomic E-state index is 13.3. The summed E-state index contributed by atoms with van der Waals surface area (Å²) in [6, 6.07) is 7.60. The third-order valence-corrected chi connectivity index (χ3v) is 4.64. The fourth-order valence-corrected chi connectivity index (χ4v) is 3.10. The number of pyridine rings is 1. The highest BCUT2D eigenvalue weighted by Gasteiger charge is 2.35. The number of ether oxygens (including phenoxy) is 1. The van der Waals surface area contributed by atoms with Gasteiger partial charge in [-0.1, -0.05) is 12.1 Å². The number of alkyl halides is 4. The Balaban J connectivity index is 1.84. The first-order chi connectivity index (χ1) is 12.8. The molecule has 2 aromatic rings. The molecule has 0 atom stereocenters. The molecule has 1 aliphatic rings. The average molecular weight is 384 g/mol. The van der Waals surface area contributed by atoms with Gasteiger partial charge in [-0.15, -0.1) is 0 Å². The number of rotatable bonds is 6. The van der Waals surface area contributed by atoms with Gasteiger partial charge in [0.05, 0.1) is 19.2 Å². The molecule has 1 aromatic carbocycles. The van der Waals surface area contributed by atoms with E-state index >= 15 is 0 Å². The standard InChI is InChI=1S/C19H20F4N2O2/c1-27-16-4-2-13(3-5-16)9-25-10-14(6-7-24-11-15(20)12-24)17(8-18(25)26)19(21,22)23/h2-5,8,10,15H,6-7,9,11-12H2,1H3. The summed E-state index contributed by atoms with van der Waals surface area (Å²) in [6.45, 7) is 0.966. The Hall–Kier alpha value is -2.35. The second-order valence-corrected chi connectivity index (χ2v) is 6.63. The monoisotopic (exact) mass is 384 g/mol. The summed E-state index contributed by atoms with van der Waals surface area (Å²) >= 11 is 0. The van der Waals surface area contributed by atoms with Crippen molar-refractivity contribution in [1.29, 1.82) is 0 Å². The van der Waals surface area contributed by atoms with E-state index in [1.807, 2.05) is 0 Å². The van der Waals surface area contributed by atoms with Crippen LogP contribution in [0.4, 0.5) is 17.6 Å². The number of hydrogen-bond donors (Lipinski definition) is 0. The summed E-state index contributed by atoms with van der Waals surface area (Å²) in [5, 5.41) is 0. The lowest BCUT2D eigenvalue weighted by Crippen LogP contribution is -2.49. The van der Waals surface area contributed by atoms with Gasteiger partial charge in [-0.25, -0.2) is 4.39 Å². The molecular weight excluding hydrogens is 364 g/mol. The fraction of sp³-hybridized carbons (Fsp3) is 0.421. The van der Waals surface area contributed by atoms with Crippen LogP contribution in [-0.2, 0) is 19.1 Å². The zero-order chi connectivity index (χ0) is 19.6. The van der Waals surface area contributed by atoms with E-state index in [0.717, 1.165) is 5.56 Å². The predicted molar refractivity (Wildman–Crippen MR) is 92.8 cm³/mol. The van der Waals surface area contributed by atoms with Crippen molar-refractivity contribution in [2.45, 2.75) is 25.3 Å². The molecule has 0 saturated carbocycles. The number of likely N-dealkylation sites (tertiary alicyclic amines) is 1. The summed E-state index contributed by atoms with van der Waals surface area (Å²) in [7, 11) is 1.53. The minimum absolute atomic E-state index is 0.0397. The molecule has 0 unspecified atom stereocenters. The highest BCUT2D eigenvalue weighted by molar-refractivity contribution is 5.30. The lowest BCUT2D eigenvalue weighted by Gasteiger charge is -2.34. The Bertz CT molecular complexity index is 840. The summed E-state index contributed by atoms with van der Waals surface area (Å²) in [6.07, 6.45) is -4.14. The summed E-state index contributed by atoms with van der Waals surface area (Å²) in [5.41, 5.74) is -0.824. The van der Waals surface area contributed by atoms with Gasteiger partial charge < -0.3 is 9.30 Å². The van der Waals surface area contributed by atoms with Crippen LogP contribution in [-0.4, -0.2) is 42.4 Å². The van der Waals surface area contributed by atoms with Crippen molar-refractivity contribution in [3.63, 3.8) is 0 Å². The molecule has 1 aliphatic heterocycles. The second kappa shape index (κ2) is 7.72. The van der Waals surface area contributed by atoms with Crippen LogP contribution in [0.25, 0.3) is 0 Å². The number of halogens is 4. The maximum atomic E-state index is 13.3. The number of benzene rings is 1. The van der Waals surface area contributed by atoms with Crippen molar-refractivity contribution in [1.82, 2.24) is 9.47 Å². The van der Waals surface area contributed by atoms with Gasteiger partial charge in [0.1, 0.15) is 11.9 Å². The molecule has 0 bridgehead atoms. The quantitative estimate of drug-likeness (QED) is 0.718. The molecule has 0 radical (unpaired) electrons. The van der Waals surface area contributed by atoms with Gasteiger partial charge >= 0.3 is 6.18 Å². The molecule has 0 spiro atoms. The molecule has 0 N–H and O–H groups in total. The summed E-state index contributed by atoms with van der Waals surface area (Å²) in [5.74, 6) is 0.653. The van der Waals surface area contributed by atoms with Crippen molar-refractivity contribution in [3.05, 3.63) is 63.6 Å². The van der Waals surface area contributed by atoms with Crippen molar-refractivity contribution in [2.24, 2.45) is 0 Å². The Morgan fingerprint density at radius 2 is 1.85 bits per heavy atom. The number of hydrogen-bond acceptors (Lipinski definition) is 3. The van der Waals surface area contributed by atoms with Crippen molar-refractivity contribution < 1.29 is 22.3 Å². The molecule has 146 valence electrons. The predicted octanol–water partition coefficient (Wildman–Crippen LogP) is 3.12. The SMILES string of the molecule is COc1ccc(Cn2cc(CCN3CC(F)C3)c(C(F)(F)F)cc2=O)cc1. The van der Waals surface area contributed by atoms with Gasteiger partial charge in [0.2, 0.25) is 0 Å². The van der Waals surface area contributed by atoms with Crippen LogP contribution < -0.4 is 10.3 Å². The van der Waals surface area contributed by atoms with Crippen LogP contribution >= 0.6 is 0 Å². The first-order valence-corrected chi connectivity index (χ1v) is 8.56. The molecule has 27 heavy (non-hydrogen) atoms. The lowest BCUT2D eigenvalue weighted by molar-refractivity contribution is -0.138. The zero-order valence-electron chi connectivity index (χ0n) is 14.8. The Labute approximate surface area is 154 Å². The molecule has 4 nitrogen and oxygen atoms in total. The minimum Gasteiger partial charge on any atom is -0.497 e. The molecule has 1 aromatic heterocycles. The van der Waals surface area contributed by atoms with E-state index in [4.69, 9.17) is 4.74 Å². The van der Waals surface area contributed by atoms with Gasteiger partial charge in [0.15, 0.2) is 0 Å². The topological polar surface area (TPSA) is 34.5 Å². The third kappa shape index (κ3) is 4.68. The van der Waals surface area contributed by atoms with Crippen molar-refractivity contribution in [2.75, 3.05) is 26.7 Å². The van der Waals surface area contributed by atoms with Crippen LogP contribution in [0.3, 0.4) is 0 Å². The molecule has 3 rings (SSSR count). The minimum atomic E-state index is -4.61. The van der Waals surface area contributed by atoms with Crippen LogP contribution in [0.1, 0.15) is 16.7 Å². The summed E-state index contributed by atoms with van der Waals surface area (Å²) < 4.78 is 59.2. The van der Waals surface area contributed by atoms with Crippen LogP contribution in [0.5, 0.6) is 5.75 Å². The normalized spacial score (nSPS) is 15.6. The number of aromatic nitrogens is 1. The van der Waals surface area contributed by atoms with Crippen molar-refractivity contribution >= 4 is 0 Å². The van der Waals surface area contributed by atoms with Crippen LogP contribution in [0.15, 0.2) is 41.3 Å². The van der Waals surface area contributed by atoms with Gasteiger partial charge in [0.25, 0.3) is 5.56 Å². The Morgan fingerprint density at radius 1 is 1.19 bits per heavy atom. The average Bonchev–Trinajstić information content (AvgIpc) is 2.59. The van der Waals surface area contributed by atoms with E-state index < -0.39 is 23.5 Å². The molecule has 0 amide bonds. The third-order valence-electron chi connectivity index (χ3n) is 4.64. The molecule has 8 heteroatoms. The van der Waals surface area contributed by atoms with Gasteiger partial charge in [-0.2, -0.15) is 13.2 Å². The van der Waals surface area contributed by atoms with E-state index in [9.17, 15) is 22.4 Å². The molecule has 1 saturated heterocycles. The first-order valence-electron chi connectivity index (χ1n) is 8.56. The van der Waals surface area contributed by atoms with E-state index in [1.54, 1.807) is 29.2 Å². The highest BCUT2D eigenvalue weighted by atomic mass is 19.4. The van der Waals surface area contributed by atoms with E-state index in [1.165, 1.54) is 17.9 Å². The Morgan fingerprint density at radius 3 is 2.41 bits per heavy atom. The molecule has 2 heterocycles. The number of methoxy groups -OCH3 is 1. The molecular formula is C19H20F4N2O2. The largest absolute Gasteiger partial charge is 0.497 e. The molecule has 0 aliphatic carbocycles. The first kappa shape index (κ1) is 19.4. The van der Waals surface area contributed by atoms with E-state index in [-0.39, 0.29) is 31.6 Å². The van der Waals surface area contributed by atoms with Crippen molar-refractivity contribution in [3.8, 4) is 5.75 Å². The van der Waals surface area contributed by atoms with Gasteiger partial charge in [0, 0.05) is 31.9 Å². The Kier molecular flexibility index (Phi) is 5.55. The number of nitrogens with zero attached hydrogens (tertiary/aromatic N) is 2. The van der Waals surface area contributed by atoms with Crippen LogP contribution in [0, 0.1) is 0 Å².